The first-order chi connectivity index (χ1) is 8.19. The largest absolute Gasteiger partial charge is 0.472 e. The summed E-state index contributed by atoms with van der Waals surface area (Å²) in [7, 11) is 0. The number of hydrogen-bond donors (Lipinski definition) is 0. The van der Waals surface area contributed by atoms with Gasteiger partial charge in [0.2, 0.25) is 0 Å². The number of nitrogens with zero attached hydrogens (tertiary/aromatic N) is 1. The minimum absolute atomic E-state index is 0.0475. The van der Waals surface area contributed by atoms with E-state index in [4.69, 9.17) is 4.74 Å². The van der Waals surface area contributed by atoms with Crippen LogP contribution in [0.3, 0.4) is 0 Å². The average molecular weight is 238 g/mol. The average Bonchev–Trinajstić information content (AvgIpc) is 2.77. The summed E-state index contributed by atoms with van der Waals surface area (Å²) in [5, 5.41) is 0. The van der Waals surface area contributed by atoms with Gasteiger partial charge < -0.3 is 4.74 Å². The van der Waals surface area contributed by atoms with E-state index in [-0.39, 0.29) is 12.0 Å². The van der Waals surface area contributed by atoms with E-state index in [2.05, 4.69) is 11.4 Å². The highest BCUT2D eigenvalue weighted by atomic mass is 19.1. The van der Waals surface area contributed by atoms with E-state index in [0.29, 0.717) is 12.2 Å². The van der Waals surface area contributed by atoms with Gasteiger partial charge in [0, 0.05) is 6.07 Å². The molecule has 2 atom stereocenters. The van der Waals surface area contributed by atoms with Crippen molar-refractivity contribution >= 4 is 6.40 Å². The van der Waals surface area contributed by atoms with Gasteiger partial charge in [-0.3, -0.25) is 0 Å². The molecule has 1 aromatic carbocycles. The van der Waals surface area contributed by atoms with Gasteiger partial charge in [-0.05, 0) is 36.5 Å². The molecule has 1 aliphatic rings. The molecule has 1 radical (unpaired) electrons. The lowest BCUT2D eigenvalue weighted by molar-refractivity contribution is 0.313. The lowest BCUT2D eigenvalue weighted by Crippen LogP contribution is -2.12. The van der Waals surface area contributed by atoms with Crippen LogP contribution in [0.15, 0.2) is 23.2 Å². The van der Waals surface area contributed by atoms with Crippen molar-refractivity contribution in [2.24, 2.45) is 4.99 Å². The molecule has 4 heteroatoms. The van der Waals surface area contributed by atoms with Crippen LogP contribution in [0.1, 0.15) is 31.2 Å². The summed E-state index contributed by atoms with van der Waals surface area (Å²) in [6, 6.07) is 3.72. The Bertz CT molecular complexity index is 400. The molecule has 2 unspecified atom stereocenters. The zero-order chi connectivity index (χ0) is 12.3. The first-order valence-electron chi connectivity index (χ1n) is 5.71. The highest BCUT2D eigenvalue weighted by molar-refractivity contribution is 5.49. The van der Waals surface area contributed by atoms with Gasteiger partial charge in [0.25, 0.3) is 6.40 Å². The predicted octanol–water partition coefficient (Wildman–Crippen LogP) is 3.15. The Balaban J connectivity index is 2.13. The lowest BCUT2D eigenvalue weighted by Gasteiger charge is -2.17. The molecule has 0 spiro atoms. The Morgan fingerprint density at radius 2 is 2.12 bits per heavy atom. The molecule has 0 bridgehead atoms. The Morgan fingerprint density at radius 3 is 2.65 bits per heavy atom. The van der Waals surface area contributed by atoms with Crippen LogP contribution < -0.4 is 0 Å². The van der Waals surface area contributed by atoms with E-state index < -0.39 is 11.6 Å². The fourth-order valence-electron chi connectivity index (χ4n) is 2.08. The highest BCUT2D eigenvalue weighted by Crippen LogP contribution is 2.27. The number of benzene rings is 1. The summed E-state index contributed by atoms with van der Waals surface area (Å²) in [4.78, 5) is 4.03. The molecule has 2 nitrogen and oxygen atoms in total. The molecular weight excluding hydrogens is 224 g/mol. The van der Waals surface area contributed by atoms with Gasteiger partial charge in [-0.2, -0.15) is 0 Å². The molecule has 0 aromatic heterocycles. The second kappa shape index (κ2) is 5.25. The van der Waals surface area contributed by atoms with Gasteiger partial charge in [-0.25, -0.2) is 13.8 Å². The van der Waals surface area contributed by atoms with Gasteiger partial charge in [0.15, 0.2) is 0 Å². The van der Waals surface area contributed by atoms with Crippen LogP contribution in [0, 0.1) is 11.6 Å². The number of ether oxygens (including phenoxy) is 1. The van der Waals surface area contributed by atoms with Crippen molar-refractivity contribution in [1.29, 1.82) is 0 Å². The second-order valence-electron chi connectivity index (χ2n) is 4.23. The summed E-state index contributed by atoms with van der Waals surface area (Å²) in [6.45, 7) is 2.50. The van der Waals surface area contributed by atoms with Crippen LogP contribution in [-0.2, 0) is 4.74 Å². The Hall–Kier alpha value is -1.45. The first kappa shape index (κ1) is 12.0. The molecule has 0 fully saturated rings. The van der Waals surface area contributed by atoms with Gasteiger partial charge in [-0.15, -0.1) is 0 Å². The van der Waals surface area contributed by atoms with E-state index in [0.717, 1.165) is 18.9 Å². The maximum atomic E-state index is 13.1. The number of hydrogen-bond acceptors (Lipinski definition) is 2. The molecule has 0 N–H and O–H groups in total. The molecule has 1 heterocycles. The zero-order valence-corrected chi connectivity index (χ0v) is 9.62. The summed E-state index contributed by atoms with van der Waals surface area (Å²) >= 11 is 0. The second-order valence-corrected chi connectivity index (χ2v) is 4.23. The fourth-order valence-corrected chi connectivity index (χ4v) is 2.08. The molecule has 1 aromatic rings. The van der Waals surface area contributed by atoms with Gasteiger partial charge in [-0.1, -0.05) is 6.92 Å². The van der Waals surface area contributed by atoms with Crippen molar-refractivity contribution in [1.82, 2.24) is 0 Å². The SMILES string of the molecule is CCC(CC1CO[C]=N1)c1cc(F)cc(F)c1. The third-order valence-electron chi connectivity index (χ3n) is 2.98. The van der Waals surface area contributed by atoms with E-state index in [1.165, 1.54) is 12.1 Å². The number of aliphatic imine (C=N–C) groups is 1. The molecule has 0 aliphatic carbocycles. The van der Waals surface area contributed by atoms with Crippen molar-refractivity contribution in [3.05, 3.63) is 35.4 Å². The normalized spacial score (nSPS) is 20.3. The van der Waals surface area contributed by atoms with Crippen molar-refractivity contribution in [2.75, 3.05) is 6.61 Å². The Labute approximate surface area is 99.3 Å². The third-order valence-corrected chi connectivity index (χ3v) is 2.98. The minimum atomic E-state index is -0.531. The summed E-state index contributed by atoms with van der Waals surface area (Å²) in [6.07, 6.45) is 4.00. The monoisotopic (exact) mass is 238 g/mol. The van der Waals surface area contributed by atoms with Crippen molar-refractivity contribution in [2.45, 2.75) is 31.7 Å². The quantitative estimate of drug-likeness (QED) is 0.789. The number of halogens is 2. The Morgan fingerprint density at radius 1 is 1.41 bits per heavy atom. The molecule has 91 valence electrons. The first-order valence-corrected chi connectivity index (χ1v) is 5.71. The third kappa shape index (κ3) is 3.02. The lowest BCUT2D eigenvalue weighted by atomic mass is 9.90. The maximum absolute atomic E-state index is 13.1. The van der Waals surface area contributed by atoms with E-state index >= 15 is 0 Å². The molecule has 17 heavy (non-hydrogen) atoms. The van der Waals surface area contributed by atoms with Crippen LogP contribution in [-0.4, -0.2) is 19.0 Å². The summed E-state index contributed by atoms with van der Waals surface area (Å²) in [5.74, 6) is -0.968. The van der Waals surface area contributed by atoms with Crippen LogP contribution in [0.2, 0.25) is 0 Å². The fraction of sp³-hybridized carbons (Fsp3) is 0.462. The number of rotatable bonds is 4. The van der Waals surface area contributed by atoms with Crippen LogP contribution in [0.4, 0.5) is 8.78 Å². The summed E-state index contributed by atoms with van der Waals surface area (Å²) in [5.41, 5.74) is 0.687. The zero-order valence-electron chi connectivity index (χ0n) is 9.62. The van der Waals surface area contributed by atoms with Crippen LogP contribution >= 0.6 is 0 Å². The van der Waals surface area contributed by atoms with E-state index in [9.17, 15) is 8.78 Å². The van der Waals surface area contributed by atoms with E-state index in [1.54, 1.807) is 0 Å². The van der Waals surface area contributed by atoms with Crippen molar-refractivity contribution < 1.29 is 13.5 Å². The van der Waals surface area contributed by atoms with Crippen molar-refractivity contribution in [3.63, 3.8) is 0 Å². The predicted molar refractivity (Wildman–Crippen MR) is 61.2 cm³/mol. The van der Waals surface area contributed by atoms with Crippen LogP contribution in [0.5, 0.6) is 0 Å². The van der Waals surface area contributed by atoms with Gasteiger partial charge in [0.05, 0.1) is 6.04 Å². The molecule has 0 saturated carbocycles. The molecule has 0 amide bonds. The Kier molecular flexibility index (Phi) is 3.71. The minimum Gasteiger partial charge on any atom is -0.472 e. The van der Waals surface area contributed by atoms with Gasteiger partial charge >= 0.3 is 0 Å². The van der Waals surface area contributed by atoms with Crippen LogP contribution in [0.25, 0.3) is 0 Å². The smallest absolute Gasteiger partial charge is 0.273 e. The topological polar surface area (TPSA) is 21.6 Å². The van der Waals surface area contributed by atoms with E-state index in [1.807, 2.05) is 6.92 Å². The molecule has 0 saturated heterocycles. The standard InChI is InChI=1S/C13H14F2NO/c1-2-9(5-13-7-17-8-16-13)10-3-11(14)6-12(15)4-10/h3-4,6,9,13H,2,5,7H2,1H3. The van der Waals surface area contributed by atoms with Gasteiger partial charge in [0.1, 0.15) is 18.2 Å². The van der Waals surface area contributed by atoms with Crippen molar-refractivity contribution in [3.8, 4) is 0 Å². The maximum Gasteiger partial charge on any atom is 0.273 e. The highest BCUT2D eigenvalue weighted by Gasteiger charge is 2.20. The molecule has 1 aliphatic heterocycles. The summed E-state index contributed by atoms with van der Waals surface area (Å²) < 4.78 is 31.2. The molecular formula is C13H14F2NO. The molecule has 2 rings (SSSR count).